The van der Waals surface area contributed by atoms with Gasteiger partial charge in [-0.05, 0) is 43.1 Å². The van der Waals surface area contributed by atoms with E-state index in [-0.39, 0.29) is 5.97 Å². The van der Waals surface area contributed by atoms with Crippen LogP contribution in [0.15, 0.2) is 18.2 Å². The van der Waals surface area contributed by atoms with E-state index in [0.717, 1.165) is 23.5 Å². The Morgan fingerprint density at radius 3 is 2.74 bits per heavy atom. The van der Waals surface area contributed by atoms with Crippen molar-refractivity contribution in [1.82, 2.24) is 0 Å². The molecule has 106 valence electrons. The number of benzene rings is 1. The zero-order valence-corrected chi connectivity index (χ0v) is 11.5. The van der Waals surface area contributed by atoms with Crippen LogP contribution in [0.25, 0.3) is 0 Å². The van der Waals surface area contributed by atoms with E-state index in [4.69, 9.17) is 15.2 Å². The van der Waals surface area contributed by atoms with Crippen LogP contribution in [-0.2, 0) is 16.0 Å². The molecule has 2 N–H and O–H groups in total. The fourth-order valence-electron chi connectivity index (χ4n) is 1.68. The van der Waals surface area contributed by atoms with Gasteiger partial charge in [0.05, 0.1) is 20.8 Å². The van der Waals surface area contributed by atoms with Gasteiger partial charge in [-0.25, -0.2) is 0 Å². The van der Waals surface area contributed by atoms with Crippen molar-refractivity contribution in [2.45, 2.75) is 19.3 Å². The molecule has 0 aliphatic heterocycles. The first kappa shape index (κ1) is 15.3. The van der Waals surface area contributed by atoms with Gasteiger partial charge in [-0.3, -0.25) is 4.79 Å². The van der Waals surface area contributed by atoms with Crippen LogP contribution in [0.5, 0.6) is 11.5 Å². The van der Waals surface area contributed by atoms with Crippen molar-refractivity contribution in [1.29, 1.82) is 0 Å². The molecule has 5 nitrogen and oxygen atoms in total. The maximum atomic E-state index is 11.0. The van der Waals surface area contributed by atoms with Gasteiger partial charge < -0.3 is 19.9 Å². The Morgan fingerprint density at radius 1 is 1.32 bits per heavy atom. The van der Waals surface area contributed by atoms with Gasteiger partial charge in [0.25, 0.3) is 0 Å². The molecule has 19 heavy (non-hydrogen) atoms. The summed E-state index contributed by atoms with van der Waals surface area (Å²) >= 11 is 0. The summed E-state index contributed by atoms with van der Waals surface area (Å²) in [5.41, 5.74) is 6.59. The van der Waals surface area contributed by atoms with Gasteiger partial charge in [0, 0.05) is 6.42 Å². The number of carbonyl (C=O) groups excluding carboxylic acids is 1. The Labute approximate surface area is 113 Å². The van der Waals surface area contributed by atoms with Crippen molar-refractivity contribution < 1.29 is 19.0 Å². The summed E-state index contributed by atoms with van der Waals surface area (Å²) in [6.45, 7) is 1.02. The summed E-state index contributed by atoms with van der Waals surface area (Å²) in [7, 11) is 3.00. The number of hydrogen-bond acceptors (Lipinski definition) is 5. The summed E-state index contributed by atoms with van der Waals surface area (Å²) in [6, 6.07) is 5.63. The maximum absolute atomic E-state index is 11.0. The van der Waals surface area contributed by atoms with E-state index in [2.05, 4.69) is 4.74 Å². The molecule has 5 heteroatoms. The van der Waals surface area contributed by atoms with Gasteiger partial charge in [-0.15, -0.1) is 0 Å². The maximum Gasteiger partial charge on any atom is 0.305 e. The van der Waals surface area contributed by atoms with Crippen LogP contribution in [0, 0.1) is 0 Å². The molecule has 0 aliphatic rings. The highest BCUT2D eigenvalue weighted by Gasteiger charge is 2.06. The van der Waals surface area contributed by atoms with Crippen molar-refractivity contribution in [3.63, 3.8) is 0 Å². The van der Waals surface area contributed by atoms with Crippen molar-refractivity contribution in [2.24, 2.45) is 5.73 Å². The number of carbonyl (C=O) groups is 1. The van der Waals surface area contributed by atoms with Gasteiger partial charge in [-0.2, -0.15) is 0 Å². The third-order valence-corrected chi connectivity index (χ3v) is 2.69. The molecule has 0 bridgehead atoms. The number of nitrogens with two attached hydrogens (primary N) is 1. The molecule has 0 atom stereocenters. The first-order chi connectivity index (χ1) is 9.21. The van der Waals surface area contributed by atoms with E-state index >= 15 is 0 Å². The summed E-state index contributed by atoms with van der Waals surface area (Å²) in [5, 5.41) is 0. The zero-order valence-electron chi connectivity index (χ0n) is 11.5. The quantitative estimate of drug-likeness (QED) is 0.571. The monoisotopic (exact) mass is 267 g/mol. The molecule has 0 aromatic heterocycles. The highest BCUT2D eigenvalue weighted by molar-refractivity contribution is 5.69. The second-order valence-electron chi connectivity index (χ2n) is 4.04. The highest BCUT2D eigenvalue weighted by atomic mass is 16.5. The lowest BCUT2D eigenvalue weighted by molar-refractivity contribution is -0.140. The van der Waals surface area contributed by atoms with Crippen molar-refractivity contribution in [2.75, 3.05) is 27.4 Å². The normalized spacial score (nSPS) is 10.1. The molecule has 0 aliphatic carbocycles. The van der Waals surface area contributed by atoms with Crippen LogP contribution in [0.4, 0.5) is 0 Å². The van der Waals surface area contributed by atoms with Gasteiger partial charge in [0.2, 0.25) is 0 Å². The minimum absolute atomic E-state index is 0.222. The summed E-state index contributed by atoms with van der Waals surface area (Å²) in [5.74, 6) is 1.35. The number of methoxy groups -OCH3 is 2. The predicted molar refractivity (Wildman–Crippen MR) is 72.5 cm³/mol. The molecular weight excluding hydrogens is 246 g/mol. The molecule has 0 unspecified atom stereocenters. The average molecular weight is 267 g/mol. The van der Waals surface area contributed by atoms with Crippen LogP contribution in [-0.4, -0.2) is 33.3 Å². The van der Waals surface area contributed by atoms with E-state index in [1.165, 1.54) is 7.11 Å². The molecule has 0 saturated carbocycles. The molecule has 0 fully saturated rings. The Hall–Kier alpha value is -1.75. The van der Waals surface area contributed by atoms with Crippen LogP contribution in [0.2, 0.25) is 0 Å². The first-order valence-electron chi connectivity index (χ1n) is 6.28. The topological polar surface area (TPSA) is 70.8 Å². The second-order valence-corrected chi connectivity index (χ2v) is 4.04. The van der Waals surface area contributed by atoms with E-state index < -0.39 is 0 Å². The fraction of sp³-hybridized carbons (Fsp3) is 0.500. The van der Waals surface area contributed by atoms with Gasteiger partial charge >= 0.3 is 5.97 Å². The SMILES string of the molecule is COC(=O)CCCOc1ccc(OC)cc1CCN. The second kappa shape index (κ2) is 8.37. The lowest BCUT2D eigenvalue weighted by Crippen LogP contribution is -2.08. The minimum Gasteiger partial charge on any atom is -0.497 e. The zero-order chi connectivity index (χ0) is 14.1. The molecule has 0 amide bonds. The van der Waals surface area contributed by atoms with E-state index in [9.17, 15) is 4.79 Å². The average Bonchev–Trinajstić information content (AvgIpc) is 2.44. The minimum atomic E-state index is -0.222. The number of esters is 1. The largest absolute Gasteiger partial charge is 0.497 e. The number of rotatable bonds is 8. The summed E-state index contributed by atoms with van der Waals surface area (Å²) in [4.78, 5) is 11.0. The molecular formula is C14H21NO4. The number of hydrogen-bond donors (Lipinski definition) is 1. The molecule has 0 spiro atoms. The summed E-state index contributed by atoms with van der Waals surface area (Å²) in [6.07, 6.45) is 1.71. The van der Waals surface area contributed by atoms with E-state index in [1.54, 1.807) is 7.11 Å². The standard InChI is InChI=1S/C14H21NO4/c1-17-12-5-6-13(11(10-12)7-8-15)19-9-3-4-14(16)18-2/h5-6,10H,3-4,7-9,15H2,1-2H3. The van der Waals surface area contributed by atoms with Crippen LogP contribution in [0.1, 0.15) is 18.4 Å². The Bertz CT molecular complexity index is 406. The number of ether oxygens (including phenoxy) is 3. The van der Waals surface area contributed by atoms with Crippen LogP contribution < -0.4 is 15.2 Å². The molecule has 1 aromatic carbocycles. The van der Waals surface area contributed by atoms with Crippen molar-refractivity contribution in [3.05, 3.63) is 23.8 Å². The third-order valence-electron chi connectivity index (χ3n) is 2.69. The van der Waals surface area contributed by atoms with Crippen LogP contribution >= 0.6 is 0 Å². The first-order valence-corrected chi connectivity index (χ1v) is 6.28. The van der Waals surface area contributed by atoms with Crippen molar-refractivity contribution >= 4 is 5.97 Å². The summed E-state index contributed by atoms with van der Waals surface area (Å²) < 4.78 is 15.4. The fourth-order valence-corrected chi connectivity index (χ4v) is 1.68. The lowest BCUT2D eigenvalue weighted by Gasteiger charge is -2.12. The Morgan fingerprint density at radius 2 is 2.11 bits per heavy atom. The third kappa shape index (κ3) is 5.18. The van der Waals surface area contributed by atoms with Crippen LogP contribution in [0.3, 0.4) is 0 Å². The Kier molecular flexibility index (Phi) is 6.74. The predicted octanol–water partition coefficient (Wildman–Crippen LogP) is 1.53. The highest BCUT2D eigenvalue weighted by Crippen LogP contribution is 2.24. The molecule has 1 rings (SSSR count). The van der Waals surface area contributed by atoms with Crippen molar-refractivity contribution in [3.8, 4) is 11.5 Å². The molecule has 0 heterocycles. The Balaban J connectivity index is 2.54. The smallest absolute Gasteiger partial charge is 0.305 e. The molecule has 0 radical (unpaired) electrons. The molecule has 1 aromatic rings. The van der Waals surface area contributed by atoms with E-state index in [1.807, 2.05) is 18.2 Å². The van der Waals surface area contributed by atoms with E-state index in [0.29, 0.717) is 26.0 Å². The van der Waals surface area contributed by atoms with Gasteiger partial charge in [-0.1, -0.05) is 0 Å². The molecule has 0 saturated heterocycles. The lowest BCUT2D eigenvalue weighted by atomic mass is 10.1. The van der Waals surface area contributed by atoms with Gasteiger partial charge in [0.15, 0.2) is 0 Å². The van der Waals surface area contributed by atoms with Gasteiger partial charge in [0.1, 0.15) is 11.5 Å².